The molecule has 7 nitrogen and oxygen atoms in total. The summed E-state index contributed by atoms with van der Waals surface area (Å²) >= 11 is 0. The average Bonchev–Trinajstić information content (AvgIpc) is 3.10. The van der Waals surface area contributed by atoms with Crippen molar-refractivity contribution in [2.24, 2.45) is 0 Å². The fraction of sp³-hybridized carbons (Fsp3) is 0.167. The van der Waals surface area contributed by atoms with Gasteiger partial charge in [0.15, 0.2) is 0 Å². The van der Waals surface area contributed by atoms with Gasteiger partial charge >= 0.3 is 18.0 Å². The molecule has 0 aliphatic rings. The molecule has 0 aromatic heterocycles. The van der Waals surface area contributed by atoms with Gasteiger partial charge in [0, 0.05) is 17.5 Å². The third-order valence-corrected chi connectivity index (χ3v) is 6.84. The predicted molar refractivity (Wildman–Crippen MR) is 194 cm³/mol. The van der Waals surface area contributed by atoms with Gasteiger partial charge in [0.05, 0.1) is 0 Å². The Kier molecular flexibility index (Phi) is 13.5. The fourth-order valence-corrected chi connectivity index (χ4v) is 4.52. The smallest absolute Gasteiger partial charge is 0.408 e. The van der Waals surface area contributed by atoms with Crippen LogP contribution in [-0.4, -0.2) is 29.7 Å². The Hall–Kier alpha value is -5.95. The van der Waals surface area contributed by atoms with Crippen molar-refractivity contribution in [2.45, 2.75) is 45.3 Å². The van der Waals surface area contributed by atoms with Crippen LogP contribution in [0.15, 0.2) is 146 Å². The van der Waals surface area contributed by atoms with Crippen LogP contribution in [0.5, 0.6) is 0 Å². The SMILES string of the molecule is CC(C)(C)OC(=O)N[C@@H](CCC(=O)O/C(=C/C=C/c1ccccc1)c1ccccc1)C(=O)O/C(=C/C=C/c1ccccc1)c1ccccc1. The molecule has 0 fully saturated rings. The first-order valence-electron chi connectivity index (χ1n) is 16.1. The molecule has 0 aliphatic carbocycles. The lowest BCUT2D eigenvalue weighted by Crippen LogP contribution is -2.44. The third kappa shape index (κ3) is 13.0. The number of carbonyl (C=O) groups excluding carboxylic acids is 3. The Bertz CT molecular complexity index is 1770. The predicted octanol–water partition coefficient (Wildman–Crippen LogP) is 9.26. The average molecular weight is 656 g/mol. The van der Waals surface area contributed by atoms with E-state index in [2.05, 4.69) is 5.32 Å². The van der Waals surface area contributed by atoms with Gasteiger partial charge in [-0.3, -0.25) is 4.79 Å². The number of carbonyl (C=O) groups is 3. The van der Waals surface area contributed by atoms with Crippen LogP contribution in [0.4, 0.5) is 4.79 Å². The third-order valence-electron chi connectivity index (χ3n) is 6.84. The molecular weight excluding hydrogens is 614 g/mol. The Morgan fingerprint density at radius 2 is 1.06 bits per heavy atom. The van der Waals surface area contributed by atoms with Gasteiger partial charge in [0.1, 0.15) is 23.2 Å². The minimum Gasteiger partial charge on any atom is -0.444 e. The number of benzene rings is 4. The van der Waals surface area contributed by atoms with Crippen LogP contribution in [0.25, 0.3) is 23.7 Å². The molecule has 1 amide bonds. The Morgan fingerprint density at radius 1 is 0.633 bits per heavy atom. The Balaban J connectivity index is 1.52. The second-order valence-electron chi connectivity index (χ2n) is 12.0. The maximum Gasteiger partial charge on any atom is 0.408 e. The molecule has 0 bridgehead atoms. The maximum atomic E-state index is 13.7. The van der Waals surface area contributed by atoms with Gasteiger partial charge in [-0.05, 0) is 50.5 Å². The van der Waals surface area contributed by atoms with Crippen LogP contribution < -0.4 is 5.32 Å². The molecule has 7 heteroatoms. The molecule has 4 rings (SSSR count). The van der Waals surface area contributed by atoms with Crippen LogP contribution >= 0.6 is 0 Å². The quantitative estimate of drug-likeness (QED) is 0.0668. The minimum absolute atomic E-state index is 0.0965. The Morgan fingerprint density at radius 3 is 1.51 bits per heavy atom. The molecule has 0 heterocycles. The standard InChI is InChI=1S/C42H41NO6/c1-42(2,3)49-41(46)43-36(40(45)48-38(35-26-14-7-15-27-35)29-17-23-33-20-10-5-11-21-33)30-31-39(44)47-37(34-24-12-6-13-25-34)28-16-22-32-18-8-4-9-19-32/h4-29,36H,30-31H2,1-3H3,(H,43,46)/b22-16+,23-17+,37-28+,38-29+/t36-/m0/s1. The molecule has 4 aromatic carbocycles. The zero-order chi connectivity index (χ0) is 34.9. The van der Waals surface area contributed by atoms with Gasteiger partial charge < -0.3 is 19.5 Å². The largest absolute Gasteiger partial charge is 0.444 e. The summed E-state index contributed by atoms with van der Waals surface area (Å²) in [6, 6.07) is 36.6. The monoisotopic (exact) mass is 655 g/mol. The fourth-order valence-electron chi connectivity index (χ4n) is 4.52. The molecule has 1 N–H and O–H groups in total. The van der Waals surface area contributed by atoms with Gasteiger partial charge in [-0.25, -0.2) is 9.59 Å². The number of rotatable bonds is 13. The number of esters is 2. The zero-order valence-corrected chi connectivity index (χ0v) is 28.0. The van der Waals surface area contributed by atoms with E-state index in [0.29, 0.717) is 16.9 Å². The highest BCUT2D eigenvalue weighted by atomic mass is 16.6. The van der Waals surface area contributed by atoms with Gasteiger partial charge in [0.2, 0.25) is 0 Å². The van der Waals surface area contributed by atoms with E-state index in [1.807, 2.05) is 133 Å². The molecule has 0 unspecified atom stereocenters. The van der Waals surface area contributed by atoms with Crippen LogP contribution in [0.2, 0.25) is 0 Å². The van der Waals surface area contributed by atoms with Crippen molar-refractivity contribution < 1.29 is 28.6 Å². The highest BCUT2D eigenvalue weighted by molar-refractivity contribution is 5.87. The maximum absolute atomic E-state index is 13.7. The van der Waals surface area contributed by atoms with E-state index in [1.54, 1.807) is 45.1 Å². The first-order valence-corrected chi connectivity index (χ1v) is 16.1. The topological polar surface area (TPSA) is 90.9 Å². The summed E-state index contributed by atoms with van der Waals surface area (Å²) < 4.78 is 17.1. The molecule has 250 valence electrons. The molecule has 4 aromatic rings. The van der Waals surface area contributed by atoms with Crippen molar-refractivity contribution in [2.75, 3.05) is 0 Å². The Labute approximate surface area is 288 Å². The number of amides is 1. The first kappa shape index (κ1) is 35.9. The van der Waals surface area contributed by atoms with Crippen molar-refractivity contribution >= 4 is 41.7 Å². The normalized spacial score (nSPS) is 12.8. The van der Waals surface area contributed by atoms with Crippen molar-refractivity contribution in [3.63, 3.8) is 0 Å². The lowest BCUT2D eigenvalue weighted by atomic mass is 10.1. The summed E-state index contributed by atoms with van der Waals surface area (Å²) in [4.78, 5) is 39.7. The highest BCUT2D eigenvalue weighted by Crippen LogP contribution is 2.21. The number of nitrogens with one attached hydrogen (secondary N) is 1. The van der Waals surface area contributed by atoms with E-state index in [0.717, 1.165) is 11.1 Å². The lowest BCUT2D eigenvalue weighted by Gasteiger charge is -2.23. The highest BCUT2D eigenvalue weighted by Gasteiger charge is 2.28. The van der Waals surface area contributed by atoms with Gasteiger partial charge in [0.25, 0.3) is 0 Å². The second kappa shape index (κ2) is 18.4. The number of alkyl carbamates (subject to hydrolysis) is 1. The lowest BCUT2D eigenvalue weighted by molar-refractivity contribution is -0.140. The van der Waals surface area contributed by atoms with E-state index in [-0.39, 0.29) is 18.6 Å². The summed E-state index contributed by atoms with van der Waals surface area (Å²) in [5.74, 6) is -0.726. The summed E-state index contributed by atoms with van der Waals surface area (Å²) in [6.07, 6.45) is 9.66. The molecule has 0 saturated carbocycles. The summed E-state index contributed by atoms with van der Waals surface area (Å²) in [6.45, 7) is 5.16. The van der Waals surface area contributed by atoms with Gasteiger partial charge in [-0.15, -0.1) is 0 Å². The van der Waals surface area contributed by atoms with Crippen LogP contribution in [0.1, 0.15) is 55.9 Å². The van der Waals surface area contributed by atoms with E-state index in [9.17, 15) is 14.4 Å². The first-order chi connectivity index (χ1) is 23.7. The van der Waals surface area contributed by atoms with E-state index < -0.39 is 29.7 Å². The molecule has 0 spiro atoms. The number of hydrogen-bond donors (Lipinski definition) is 1. The summed E-state index contributed by atoms with van der Waals surface area (Å²) in [7, 11) is 0. The van der Waals surface area contributed by atoms with Crippen LogP contribution in [0.3, 0.4) is 0 Å². The number of hydrogen-bond acceptors (Lipinski definition) is 6. The van der Waals surface area contributed by atoms with Crippen molar-refractivity contribution in [3.8, 4) is 0 Å². The second-order valence-corrected chi connectivity index (χ2v) is 12.0. The number of allylic oxidation sites excluding steroid dienone is 4. The molecule has 1 atom stereocenters. The summed E-state index contributed by atoms with van der Waals surface area (Å²) in [5, 5.41) is 2.59. The van der Waals surface area contributed by atoms with Crippen molar-refractivity contribution in [1.82, 2.24) is 5.32 Å². The van der Waals surface area contributed by atoms with E-state index in [1.165, 1.54) is 0 Å². The van der Waals surface area contributed by atoms with E-state index in [4.69, 9.17) is 14.2 Å². The van der Waals surface area contributed by atoms with Crippen molar-refractivity contribution in [1.29, 1.82) is 0 Å². The van der Waals surface area contributed by atoms with Crippen molar-refractivity contribution in [3.05, 3.63) is 168 Å². The molecular formula is C42H41NO6. The minimum atomic E-state index is -1.21. The molecule has 0 radical (unpaired) electrons. The zero-order valence-electron chi connectivity index (χ0n) is 28.0. The van der Waals surface area contributed by atoms with Gasteiger partial charge in [-0.1, -0.05) is 146 Å². The van der Waals surface area contributed by atoms with Crippen LogP contribution in [0, 0.1) is 0 Å². The molecule has 0 saturated heterocycles. The van der Waals surface area contributed by atoms with E-state index >= 15 is 0 Å². The number of ether oxygens (including phenoxy) is 3. The summed E-state index contributed by atoms with van der Waals surface area (Å²) in [5.41, 5.74) is 2.52. The molecule has 0 aliphatic heterocycles. The molecule has 49 heavy (non-hydrogen) atoms. The van der Waals surface area contributed by atoms with Crippen LogP contribution in [-0.2, 0) is 23.8 Å². The van der Waals surface area contributed by atoms with Gasteiger partial charge in [-0.2, -0.15) is 0 Å².